The average Bonchev–Trinajstić information content (AvgIpc) is 2.73. The molecule has 32 heavy (non-hydrogen) atoms. The molecule has 1 amide bonds. The van der Waals surface area contributed by atoms with E-state index < -0.39 is 5.91 Å². The lowest BCUT2D eigenvalue weighted by atomic mass is 9.87. The Kier molecular flexibility index (Phi) is 6.74. The molecule has 5 nitrogen and oxygen atoms in total. The van der Waals surface area contributed by atoms with E-state index in [9.17, 15) is 10.1 Å². The van der Waals surface area contributed by atoms with E-state index in [1.54, 1.807) is 30.3 Å². The van der Waals surface area contributed by atoms with Crippen LogP contribution in [0.5, 0.6) is 5.75 Å². The summed E-state index contributed by atoms with van der Waals surface area (Å²) in [4.78, 5) is 15.1. The van der Waals surface area contributed by atoms with Crippen molar-refractivity contribution in [2.24, 2.45) is 0 Å². The number of nitrogens with one attached hydrogen (secondary N) is 1. The van der Waals surface area contributed by atoms with Crippen molar-refractivity contribution in [3.8, 4) is 11.8 Å². The number of fused-ring (bicyclic) bond motifs is 1. The Balaban J connectivity index is 1.87. The average molecular weight is 430 g/mol. The van der Waals surface area contributed by atoms with Crippen LogP contribution in [0, 0.1) is 11.3 Å². The Morgan fingerprint density at radius 1 is 1.22 bits per heavy atom. The van der Waals surface area contributed by atoms with E-state index in [-0.39, 0.29) is 11.1 Å². The van der Waals surface area contributed by atoms with Crippen molar-refractivity contribution in [2.45, 2.75) is 53.1 Å². The number of nitriles is 1. The van der Waals surface area contributed by atoms with Crippen LogP contribution in [-0.4, -0.2) is 24.1 Å². The molecule has 0 saturated heterocycles. The third-order valence-corrected chi connectivity index (χ3v) is 5.51. The summed E-state index contributed by atoms with van der Waals surface area (Å²) in [6.07, 6.45) is 3.91. The summed E-state index contributed by atoms with van der Waals surface area (Å²) < 4.78 is 5.42. The Morgan fingerprint density at radius 3 is 2.50 bits per heavy atom. The van der Waals surface area contributed by atoms with Gasteiger partial charge >= 0.3 is 0 Å². The molecule has 1 aliphatic heterocycles. The van der Waals surface area contributed by atoms with Gasteiger partial charge < -0.3 is 15.0 Å². The minimum atomic E-state index is -0.438. The molecule has 0 aromatic heterocycles. The van der Waals surface area contributed by atoms with Gasteiger partial charge in [0.1, 0.15) is 17.4 Å². The van der Waals surface area contributed by atoms with Gasteiger partial charge in [-0.05, 0) is 95.2 Å². The van der Waals surface area contributed by atoms with Crippen LogP contribution in [0.15, 0.2) is 54.1 Å². The van der Waals surface area contributed by atoms with Gasteiger partial charge in [0.2, 0.25) is 0 Å². The van der Waals surface area contributed by atoms with E-state index in [4.69, 9.17) is 4.74 Å². The molecular weight excluding hydrogens is 398 g/mol. The minimum absolute atomic E-state index is 0.0531. The first-order valence-electron chi connectivity index (χ1n) is 11.0. The first-order valence-corrected chi connectivity index (χ1v) is 11.0. The van der Waals surface area contributed by atoms with Crippen molar-refractivity contribution < 1.29 is 9.53 Å². The van der Waals surface area contributed by atoms with E-state index in [1.807, 2.05) is 25.1 Å². The van der Waals surface area contributed by atoms with Crippen LogP contribution in [-0.2, 0) is 4.79 Å². The zero-order valence-electron chi connectivity index (χ0n) is 19.7. The van der Waals surface area contributed by atoms with Crippen LogP contribution in [0.3, 0.4) is 0 Å². The molecule has 0 saturated carbocycles. The van der Waals surface area contributed by atoms with Crippen molar-refractivity contribution >= 4 is 28.9 Å². The van der Waals surface area contributed by atoms with Crippen LogP contribution in [0.2, 0.25) is 0 Å². The van der Waals surface area contributed by atoms with Crippen molar-refractivity contribution in [2.75, 3.05) is 16.8 Å². The first-order chi connectivity index (χ1) is 15.2. The zero-order chi connectivity index (χ0) is 23.5. The largest absolute Gasteiger partial charge is 0.494 e. The van der Waals surface area contributed by atoms with E-state index in [2.05, 4.69) is 57.0 Å². The van der Waals surface area contributed by atoms with Gasteiger partial charge in [-0.15, -0.1) is 0 Å². The molecule has 1 heterocycles. The fourth-order valence-corrected chi connectivity index (χ4v) is 4.42. The molecule has 166 valence electrons. The second-order valence-electron chi connectivity index (χ2n) is 8.80. The molecule has 0 unspecified atom stereocenters. The maximum atomic E-state index is 12.7. The third-order valence-electron chi connectivity index (χ3n) is 5.51. The fraction of sp³-hybridized carbons (Fsp3) is 0.333. The lowest BCUT2D eigenvalue weighted by molar-refractivity contribution is -0.112. The molecule has 1 aliphatic rings. The number of hydrogen-bond donors (Lipinski definition) is 1. The molecule has 3 rings (SSSR count). The van der Waals surface area contributed by atoms with E-state index in [1.165, 1.54) is 11.3 Å². The van der Waals surface area contributed by atoms with Crippen molar-refractivity contribution in [1.29, 1.82) is 5.26 Å². The Hall–Kier alpha value is -3.52. The lowest BCUT2D eigenvalue weighted by Gasteiger charge is -2.46. The smallest absolute Gasteiger partial charge is 0.266 e. The summed E-state index contributed by atoms with van der Waals surface area (Å²) >= 11 is 0. The van der Waals surface area contributed by atoms with Crippen LogP contribution in [0.25, 0.3) is 11.6 Å². The van der Waals surface area contributed by atoms with Gasteiger partial charge in [0.25, 0.3) is 5.91 Å². The SMILES string of the molecule is CCOc1ccc(NC(=O)/C(C#N)=C\c2ccc3c(c2)C(C)=CC(C)(C)N3C(C)C)cc1. The summed E-state index contributed by atoms with van der Waals surface area (Å²) in [7, 11) is 0. The van der Waals surface area contributed by atoms with E-state index in [0.717, 1.165) is 16.9 Å². The van der Waals surface area contributed by atoms with Gasteiger partial charge in [-0.25, -0.2) is 0 Å². The summed E-state index contributed by atoms with van der Waals surface area (Å²) in [6, 6.07) is 15.6. The molecule has 0 spiro atoms. The quantitative estimate of drug-likeness (QED) is 0.449. The number of anilines is 2. The number of rotatable bonds is 6. The summed E-state index contributed by atoms with van der Waals surface area (Å²) in [5, 5.41) is 12.4. The summed E-state index contributed by atoms with van der Waals surface area (Å²) in [5.41, 5.74) is 4.87. The standard InChI is InChI=1S/C27H31N3O2/c1-7-32-23-11-9-22(10-12-23)29-26(31)21(17-28)14-20-8-13-25-24(15-20)19(4)16-27(5,6)30(25)18(2)3/h8-16,18H,7H2,1-6H3,(H,29,31)/b21-14-. The minimum Gasteiger partial charge on any atom is -0.494 e. The molecule has 0 atom stereocenters. The number of carbonyl (C=O) groups is 1. The van der Waals surface area contributed by atoms with Gasteiger partial charge in [0, 0.05) is 23.0 Å². The van der Waals surface area contributed by atoms with E-state index >= 15 is 0 Å². The third kappa shape index (κ3) is 4.86. The molecular formula is C27H31N3O2. The number of hydrogen-bond acceptors (Lipinski definition) is 4. The highest BCUT2D eigenvalue weighted by Crippen LogP contribution is 2.40. The molecule has 0 radical (unpaired) electrons. The molecule has 2 aromatic rings. The summed E-state index contributed by atoms with van der Waals surface area (Å²) in [5.74, 6) is 0.296. The van der Waals surface area contributed by atoms with Gasteiger partial charge in [0.05, 0.1) is 12.1 Å². The van der Waals surface area contributed by atoms with Gasteiger partial charge in [-0.2, -0.15) is 5.26 Å². The topological polar surface area (TPSA) is 65.4 Å². The van der Waals surface area contributed by atoms with Crippen LogP contribution >= 0.6 is 0 Å². The van der Waals surface area contributed by atoms with Crippen molar-refractivity contribution in [1.82, 2.24) is 0 Å². The normalized spacial score (nSPS) is 15.0. The highest BCUT2D eigenvalue weighted by atomic mass is 16.5. The van der Waals surface area contributed by atoms with Gasteiger partial charge in [-0.1, -0.05) is 12.1 Å². The zero-order valence-corrected chi connectivity index (χ0v) is 19.7. The van der Waals surface area contributed by atoms with Crippen LogP contribution in [0.1, 0.15) is 52.7 Å². The van der Waals surface area contributed by atoms with Crippen molar-refractivity contribution in [3.63, 3.8) is 0 Å². The molecule has 0 bridgehead atoms. The van der Waals surface area contributed by atoms with Gasteiger partial charge in [-0.3, -0.25) is 4.79 Å². The fourth-order valence-electron chi connectivity index (χ4n) is 4.42. The Labute approximate surface area is 191 Å². The first kappa shape index (κ1) is 23.1. The number of ether oxygens (including phenoxy) is 1. The highest BCUT2D eigenvalue weighted by Gasteiger charge is 2.32. The molecule has 5 heteroatoms. The highest BCUT2D eigenvalue weighted by molar-refractivity contribution is 6.09. The Morgan fingerprint density at radius 2 is 1.91 bits per heavy atom. The monoisotopic (exact) mass is 429 g/mol. The Bertz CT molecular complexity index is 1100. The summed E-state index contributed by atoms with van der Waals surface area (Å²) in [6.45, 7) is 13.4. The second-order valence-corrected chi connectivity index (χ2v) is 8.80. The number of amides is 1. The maximum Gasteiger partial charge on any atom is 0.266 e. The number of allylic oxidation sites excluding steroid dienone is 1. The maximum absolute atomic E-state index is 12.7. The molecule has 0 aliphatic carbocycles. The number of nitrogens with zero attached hydrogens (tertiary/aromatic N) is 2. The van der Waals surface area contributed by atoms with E-state index in [0.29, 0.717) is 18.3 Å². The predicted octanol–water partition coefficient (Wildman–Crippen LogP) is 6.04. The molecule has 2 aromatic carbocycles. The lowest BCUT2D eigenvalue weighted by Crippen LogP contribution is -2.49. The predicted molar refractivity (Wildman–Crippen MR) is 132 cm³/mol. The number of carbonyl (C=O) groups excluding carboxylic acids is 1. The van der Waals surface area contributed by atoms with Gasteiger partial charge in [0.15, 0.2) is 0 Å². The second kappa shape index (κ2) is 9.32. The number of benzene rings is 2. The van der Waals surface area contributed by atoms with Crippen LogP contribution < -0.4 is 15.0 Å². The van der Waals surface area contributed by atoms with Crippen molar-refractivity contribution in [3.05, 3.63) is 65.2 Å². The van der Waals surface area contributed by atoms with Crippen LogP contribution in [0.4, 0.5) is 11.4 Å². The molecule has 0 fully saturated rings. The molecule has 1 N–H and O–H groups in total.